The standard InChI is InChI=1S/C15H23O2Si/c1-8-11-12-13-18(16-14(4,5)9-2)17-15(6,7)10-3/h2-3,12-13H,8,11H2,1,4-7H3. The average molecular weight is 263 g/mol. The van der Waals surface area contributed by atoms with Gasteiger partial charge in [0.25, 0.3) is 0 Å². The SMILES string of the molecule is C#CC(C)(C)O[Si](C=CCCC)OC(C)(C)C#C. The molecule has 99 valence electrons. The van der Waals surface area contributed by atoms with Gasteiger partial charge in [-0.15, -0.1) is 12.8 Å². The summed E-state index contributed by atoms with van der Waals surface area (Å²) in [6, 6.07) is 0. The van der Waals surface area contributed by atoms with Crippen molar-refractivity contribution in [2.45, 2.75) is 58.7 Å². The number of terminal acetylenes is 2. The first-order valence-corrected chi connectivity index (χ1v) is 7.53. The van der Waals surface area contributed by atoms with E-state index >= 15 is 0 Å². The third-order valence-electron chi connectivity index (χ3n) is 2.12. The van der Waals surface area contributed by atoms with Gasteiger partial charge in [0.15, 0.2) is 0 Å². The van der Waals surface area contributed by atoms with Crippen LogP contribution in [0, 0.1) is 24.7 Å². The highest BCUT2D eigenvalue weighted by Gasteiger charge is 2.28. The Morgan fingerprint density at radius 1 is 1.06 bits per heavy atom. The Kier molecular flexibility index (Phi) is 7.02. The summed E-state index contributed by atoms with van der Waals surface area (Å²) >= 11 is 0. The largest absolute Gasteiger partial charge is 0.417 e. The Morgan fingerprint density at radius 2 is 1.50 bits per heavy atom. The summed E-state index contributed by atoms with van der Waals surface area (Å²) in [7, 11) is -1.62. The summed E-state index contributed by atoms with van der Waals surface area (Å²) < 4.78 is 11.7. The molecule has 1 radical (unpaired) electrons. The third kappa shape index (κ3) is 7.35. The molecule has 2 nitrogen and oxygen atoms in total. The van der Waals surface area contributed by atoms with E-state index < -0.39 is 20.5 Å². The van der Waals surface area contributed by atoms with Crippen molar-refractivity contribution in [3.8, 4) is 24.7 Å². The van der Waals surface area contributed by atoms with E-state index in [2.05, 4.69) is 24.8 Å². The fourth-order valence-corrected chi connectivity index (χ4v) is 2.66. The second-order valence-corrected chi connectivity index (χ2v) is 6.40. The van der Waals surface area contributed by atoms with Crippen molar-refractivity contribution in [2.75, 3.05) is 0 Å². The predicted octanol–water partition coefficient (Wildman–Crippen LogP) is 3.23. The smallest absolute Gasteiger partial charge is 0.374 e. The van der Waals surface area contributed by atoms with Crippen LogP contribution in [0.25, 0.3) is 0 Å². The minimum Gasteiger partial charge on any atom is -0.374 e. The summed E-state index contributed by atoms with van der Waals surface area (Å²) in [6.07, 6.45) is 15.0. The molecule has 3 heteroatoms. The van der Waals surface area contributed by atoms with Crippen molar-refractivity contribution in [3.05, 3.63) is 11.8 Å². The predicted molar refractivity (Wildman–Crippen MR) is 77.8 cm³/mol. The topological polar surface area (TPSA) is 18.5 Å². The van der Waals surface area contributed by atoms with Gasteiger partial charge in [-0.2, -0.15) is 0 Å². The molecule has 0 spiro atoms. The van der Waals surface area contributed by atoms with Crippen LogP contribution in [-0.2, 0) is 8.85 Å². The van der Waals surface area contributed by atoms with E-state index in [9.17, 15) is 0 Å². The number of hydrogen-bond donors (Lipinski definition) is 0. The van der Waals surface area contributed by atoms with E-state index in [4.69, 9.17) is 21.7 Å². The monoisotopic (exact) mass is 263 g/mol. The quantitative estimate of drug-likeness (QED) is 0.518. The summed E-state index contributed by atoms with van der Waals surface area (Å²) in [6.45, 7) is 9.50. The third-order valence-corrected chi connectivity index (χ3v) is 4.05. The maximum absolute atomic E-state index is 5.83. The highest BCUT2D eigenvalue weighted by Crippen LogP contribution is 2.16. The molecule has 0 amide bonds. The molecule has 18 heavy (non-hydrogen) atoms. The molecular weight excluding hydrogens is 240 g/mol. The van der Waals surface area contributed by atoms with Gasteiger partial charge in [-0.1, -0.05) is 31.3 Å². The van der Waals surface area contributed by atoms with Gasteiger partial charge in [-0.05, 0) is 39.8 Å². The molecule has 0 aliphatic rings. The molecule has 0 aliphatic heterocycles. The fourth-order valence-electron chi connectivity index (χ4n) is 0.997. The Bertz CT molecular complexity index is 328. The molecule has 0 aromatic heterocycles. The maximum Gasteiger partial charge on any atom is 0.417 e. The van der Waals surface area contributed by atoms with Crippen LogP contribution in [-0.4, -0.2) is 20.5 Å². The van der Waals surface area contributed by atoms with Crippen LogP contribution in [0.5, 0.6) is 0 Å². The molecule has 0 rings (SSSR count). The molecule has 0 N–H and O–H groups in total. The van der Waals surface area contributed by atoms with E-state index in [1.54, 1.807) is 0 Å². The van der Waals surface area contributed by atoms with Crippen LogP contribution >= 0.6 is 0 Å². The Hall–Kier alpha value is -1.00. The molecule has 0 aromatic carbocycles. The number of unbranched alkanes of at least 4 members (excludes halogenated alkanes) is 1. The van der Waals surface area contributed by atoms with E-state index in [0.717, 1.165) is 12.8 Å². The molecule has 0 aromatic rings. The molecule has 0 aliphatic carbocycles. The minimum absolute atomic E-state index is 0.643. The Balaban J connectivity index is 4.75. The fraction of sp³-hybridized carbons (Fsp3) is 0.600. The van der Waals surface area contributed by atoms with E-state index in [1.165, 1.54) is 0 Å². The molecular formula is C15H23O2Si. The second kappa shape index (κ2) is 7.44. The second-order valence-electron chi connectivity index (χ2n) is 5.02. The molecule has 0 saturated carbocycles. The van der Waals surface area contributed by atoms with Crippen LogP contribution in [0.1, 0.15) is 47.5 Å². The molecule has 0 unspecified atom stereocenters. The van der Waals surface area contributed by atoms with Crippen molar-refractivity contribution in [1.29, 1.82) is 0 Å². The first-order chi connectivity index (χ1) is 8.26. The van der Waals surface area contributed by atoms with Gasteiger partial charge in [-0.3, -0.25) is 0 Å². The van der Waals surface area contributed by atoms with Crippen LogP contribution in [0.15, 0.2) is 11.8 Å². The number of allylic oxidation sites excluding steroid dienone is 1. The number of hydrogen-bond acceptors (Lipinski definition) is 2. The van der Waals surface area contributed by atoms with Crippen LogP contribution in [0.4, 0.5) is 0 Å². The molecule has 0 bridgehead atoms. The van der Waals surface area contributed by atoms with Crippen molar-refractivity contribution in [1.82, 2.24) is 0 Å². The molecule has 0 saturated heterocycles. The first-order valence-electron chi connectivity index (χ1n) is 6.13. The zero-order valence-corrected chi connectivity index (χ0v) is 13.0. The van der Waals surface area contributed by atoms with Crippen molar-refractivity contribution in [3.63, 3.8) is 0 Å². The summed E-state index contributed by atoms with van der Waals surface area (Å²) in [5.74, 6) is 5.21. The normalized spacial score (nSPS) is 12.7. The van der Waals surface area contributed by atoms with Crippen LogP contribution < -0.4 is 0 Å². The zero-order valence-electron chi connectivity index (χ0n) is 12.0. The van der Waals surface area contributed by atoms with Crippen molar-refractivity contribution in [2.24, 2.45) is 0 Å². The molecule has 0 fully saturated rings. The lowest BCUT2D eigenvalue weighted by molar-refractivity contribution is 0.0757. The summed E-state index contributed by atoms with van der Waals surface area (Å²) in [5, 5.41) is 0. The lowest BCUT2D eigenvalue weighted by Gasteiger charge is -2.28. The number of rotatable bonds is 7. The lowest BCUT2D eigenvalue weighted by Crippen LogP contribution is -2.39. The van der Waals surface area contributed by atoms with Crippen molar-refractivity contribution >= 4 is 9.28 Å². The minimum atomic E-state index is -1.62. The lowest BCUT2D eigenvalue weighted by atomic mass is 10.2. The van der Waals surface area contributed by atoms with Crippen LogP contribution in [0.3, 0.4) is 0 Å². The van der Waals surface area contributed by atoms with Gasteiger partial charge < -0.3 is 8.85 Å². The Labute approximate surface area is 114 Å². The van der Waals surface area contributed by atoms with E-state index in [1.807, 2.05) is 33.4 Å². The van der Waals surface area contributed by atoms with Gasteiger partial charge in [0.05, 0.1) is 0 Å². The first kappa shape index (κ1) is 17.0. The summed E-state index contributed by atoms with van der Waals surface area (Å²) in [4.78, 5) is 0. The van der Waals surface area contributed by atoms with Gasteiger partial charge in [0.2, 0.25) is 0 Å². The van der Waals surface area contributed by atoms with Gasteiger partial charge in [0, 0.05) is 0 Å². The maximum atomic E-state index is 5.83. The van der Waals surface area contributed by atoms with Crippen LogP contribution in [0.2, 0.25) is 0 Å². The van der Waals surface area contributed by atoms with E-state index in [0.29, 0.717) is 0 Å². The van der Waals surface area contributed by atoms with Gasteiger partial charge in [-0.25, -0.2) is 0 Å². The van der Waals surface area contributed by atoms with Gasteiger partial charge in [0.1, 0.15) is 11.2 Å². The Morgan fingerprint density at radius 3 is 1.83 bits per heavy atom. The molecule has 0 heterocycles. The van der Waals surface area contributed by atoms with E-state index in [-0.39, 0.29) is 0 Å². The summed E-state index contributed by atoms with van der Waals surface area (Å²) in [5.41, 5.74) is 0.678. The highest BCUT2D eigenvalue weighted by molar-refractivity contribution is 6.51. The van der Waals surface area contributed by atoms with Crippen molar-refractivity contribution < 1.29 is 8.85 Å². The highest BCUT2D eigenvalue weighted by atomic mass is 28.3. The van der Waals surface area contributed by atoms with Gasteiger partial charge >= 0.3 is 9.28 Å². The average Bonchev–Trinajstić information content (AvgIpc) is 2.28. The molecule has 0 atom stereocenters. The zero-order chi connectivity index (χ0) is 14.2.